The number of hydrogen-bond acceptors (Lipinski definition) is 5. The van der Waals surface area contributed by atoms with E-state index in [0.29, 0.717) is 11.8 Å². The Morgan fingerprint density at radius 2 is 1.90 bits per heavy atom. The molecule has 2 N–H and O–H groups in total. The molecule has 1 aromatic carbocycles. The van der Waals surface area contributed by atoms with Gasteiger partial charge in [-0.3, -0.25) is 0 Å². The number of aryl methyl sites for hydroxylation is 1. The van der Waals surface area contributed by atoms with E-state index in [-0.39, 0.29) is 0 Å². The Hall–Kier alpha value is -2.04. The molecule has 5 heteroatoms. The summed E-state index contributed by atoms with van der Waals surface area (Å²) in [4.78, 5) is 6.74. The molecule has 1 aromatic heterocycles. The number of nitrogen functional groups attached to an aromatic ring is 1. The Balaban J connectivity index is 1.83. The highest BCUT2D eigenvalue weighted by molar-refractivity contribution is 5.61. The van der Waals surface area contributed by atoms with Gasteiger partial charge in [-0.2, -0.15) is 4.98 Å². The van der Waals surface area contributed by atoms with Crippen molar-refractivity contribution in [2.24, 2.45) is 0 Å². The average Bonchev–Trinajstić information content (AvgIpc) is 2.78. The highest BCUT2D eigenvalue weighted by Gasteiger charge is 2.16. The van der Waals surface area contributed by atoms with Gasteiger partial charge in [-0.1, -0.05) is 12.8 Å². The van der Waals surface area contributed by atoms with Crippen LogP contribution in [0, 0.1) is 6.92 Å². The van der Waals surface area contributed by atoms with Crippen LogP contribution in [0.3, 0.4) is 0 Å². The molecule has 20 heavy (non-hydrogen) atoms. The molecule has 1 aliphatic rings. The Labute approximate surface area is 118 Å². The van der Waals surface area contributed by atoms with Crippen molar-refractivity contribution in [3.8, 4) is 11.5 Å². The fourth-order valence-electron chi connectivity index (χ4n) is 2.54. The maximum Gasteiger partial charge on any atom is 0.266 e. The van der Waals surface area contributed by atoms with E-state index in [2.05, 4.69) is 15.0 Å². The molecule has 0 amide bonds. The number of hydrogen-bond donors (Lipinski definition) is 1. The van der Waals surface area contributed by atoms with Gasteiger partial charge in [-0.25, -0.2) is 0 Å². The van der Waals surface area contributed by atoms with Crippen molar-refractivity contribution in [1.82, 2.24) is 10.1 Å². The first-order valence-electron chi connectivity index (χ1n) is 7.19. The minimum Gasteiger partial charge on any atom is -0.399 e. The largest absolute Gasteiger partial charge is 0.399 e. The zero-order valence-electron chi connectivity index (χ0n) is 11.8. The van der Waals surface area contributed by atoms with Crippen molar-refractivity contribution in [3.63, 3.8) is 0 Å². The summed E-state index contributed by atoms with van der Waals surface area (Å²) in [6.45, 7) is 4.00. The average molecular weight is 272 g/mol. The van der Waals surface area contributed by atoms with Crippen molar-refractivity contribution in [3.05, 3.63) is 23.8 Å². The lowest BCUT2D eigenvalue weighted by atomic mass is 10.1. The van der Waals surface area contributed by atoms with Crippen LogP contribution in [-0.2, 0) is 0 Å². The summed E-state index contributed by atoms with van der Waals surface area (Å²) in [6, 6.07) is 5.78. The third-order valence-corrected chi connectivity index (χ3v) is 3.82. The van der Waals surface area contributed by atoms with Crippen molar-refractivity contribution >= 4 is 11.6 Å². The van der Waals surface area contributed by atoms with E-state index < -0.39 is 0 Å². The number of nitrogens with two attached hydrogens (primary N) is 1. The lowest BCUT2D eigenvalue weighted by molar-refractivity contribution is 0.429. The Kier molecular flexibility index (Phi) is 3.58. The Morgan fingerprint density at radius 1 is 1.15 bits per heavy atom. The van der Waals surface area contributed by atoms with Gasteiger partial charge in [-0.05, 0) is 48.7 Å². The second kappa shape index (κ2) is 5.53. The van der Waals surface area contributed by atoms with E-state index >= 15 is 0 Å². The first-order valence-corrected chi connectivity index (χ1v) is 7.19. The van der Waals surface area contributed by atoms with Gasteiger partial charge in [0.25, 0.3) is 11.8 Å². The second-order valence-electron chi connectivity index (χ2n) is 5.37. The molecule has 0 radical (unpaired) electrons. The number of benzene rings is 1. The molecule has 1 aliphatic heterocycles. The van der Waals surface area contributed by atoms with Crippen LogP contribution in [0.15, 0.2) is 22.7 Å². The lowest BCUT2D eigenvalue weighted by Crippen LogP contribution is -2.24. The quantitative estimate of drug-likeness (QED) is 0.851. The molecule has 0 saturated carbocycles. The van der Waals surface area contributed by atoms with E-state index in [1.54, 1.807) is 0 Å². The minimum absolute atomic E-state index is 0.562. The summed E-state index contributed by atoms with van der Waals surface area (Å²) >= 11 is 0. The molecule has 5 nitrogen and oxygen atoms in total. The predicted octanol–water partition coefficient (Wildman–Crippen LogP) is 3.01. The molecule has 1 fully saturated rings. The summed E-state index contributed by atoms with van der Waals surface area (Å²) in [5, 5.41) is 4.12. The fourth-order valence-corrected chi connectivity index (χ4v) is 2.54. The smallest absolute Gasteiger partial charge is 0.266 e. The third-order valence-electron chi connectivity index (χ3n) is 3.82. The topological polar surface area (TPSA) is 68.2 Å². The number of nitrogens with zero attached hydrogens (tertiary/aromatic N) is 3. The van der Waals surface area contributed by atoms with Crippen LogP contribution in [0.2, 0.25) is 0 Å². The van der Waals surface area contributed by atoms with Crippen molar-refractivity contribution in [1.29, 1.82) is 0 Å². The van der Waals surface area contributed by atoms with E-state index in [0.717, 1.165) is 29.9 Å². The van der Waals surface area contributed by atoms with Crippen LogP contribution in [0.4, 0.5) is 11.6 Å². The number of anilines is 2. The van der Waals surface area contributed by atoms with Gasteiger partial charge in [0.05, 0.1) is 0 Å². The predicted molar refractivity (Wildman–Crippen MR) is 79.6 cm³/mol. The Bertz CT molecular complexity index is 585. The van der Waals surface area contributed by atoms with Crippen LogP contribution < -0.4 is 10.6 Å². The van der Waals surface area contributed by atoms with Crippen LogP contribution in [-0.4, -0.2) is 23.2 Å². The van der Waals surface area contributed by atoms with Crippen LogP contribution in [0.5, 0.6) is 0 Å². The molecule has 0 aliphatic carbocycles. The molecule has 2 aromatic rings. The molecule has 0 bridgehead atoms. The molecule has 0 atom stereocenters. The van der Waals surface area contributed by atoms with Gasteiger partial charge >= 0.3 is 0 Å². The molecular formula is C15H20N4O. The summed E-state index contributed by atoms with van der Waals surface area (Å²) < 4.78 is 5.40. The van der Waals surface area contributed by atoms with Gasteiger partial charge in [0.15, 0.2) is 0 Å². The third kappa shape index (κ3) is 2.61. The SMILES string of the molecule is Cc1cc(-c2nc(N3CCCCCC3)no2)ccc1N. The van der Waals surface area contributed by atoms with Gasteiger partial charge in [0.1, 0.15) is 0 Å². The summed E-state index contributed by atoms with van der Waals surface area (Å²) in [7, 11) is 0. The second-order valence-corrected chi connectivity index (χ2v) is 5.37. The molecule has 1 saturated heterocycles. The van der Waals surface area contributed by atoms with E-state index in [4.69, 9.17) is 10.3 Å². The standard InChI is InChI=1S/C15H20N4O/c1-11-10-12(6-7-13(11)16)14-17-15(18-20-14)19-8-4-2-3-5-9-19/h6-7,10H,2-5,8-9,16H2,1H3. The Morgan fingerprint density at radius 3 is 2.60 bits per heavy atom. The highest BCUT2D eigenvalue weighted by atomic mass is 16.5. The van der Waals surface area contributed by atoms with Crippen molar-refractivity contribution in [2.45, 2.75) is 32.6 Å². The van der Waals surface area contributed by atoms with Crippen molar-refractivity contribution in [2.75, 3.05) is 23.7 Å². The van der Waals surface area contributed by atoms with Crippen LogP contribution in [0.25, 0.3) is 11.5 Å². The summed E-state index contributed by atoms with van der Waals surface area (Å²) in [5.41, 5.74) is 8.56. The maximum absolute atomic E-state index is 5.83. The molecule has 0 unspecified atom stereocenters. The molecular weight excluding hydrogens is 252 g/mol. The maximum atomic E-state index is 5.83. The van der Waals surface area contributed by atoms with Crippen LogP contribution >= 0.6 is 0 Å². The van der Waals surface area contributed by atoms with Gasteiger partial charge < -0.3 is 15.2 Å². The molecule has 106 valence electrons. The number of rotatable bonds is 2. The highest BCUT2D eigenvalue weighted by Crippen LogP contribution is 2.24. The van der Waals surface area contributed by atoms with Crippen LogP contribution in [0.1, 0.15) is 31.2 Å². The zero-order chi connectivity index (χ0) is 13.9. The van der Waals surface area contributed by atoms with Gasteiger partial charge in [0, 0.05) is 24.3 Å². The monoisotopic (exact) mass is 272 g/mol. The van der Waals surface area contributed by atoms with E-state index in [1.807, 2.05) is 25.1 Å². The molecule has 0 spiro atoms. The van der Waals surface area contributed by atoms with E-state index in [1.165, 1.54) is 25.7 Å². The normalized spacial score (nSPS) is 16.1. The van der Waals surface area contributed by atoms with Crippen molar-refractivity contribution < 1.29 is 4.52 Å². The van der Waals surface area contributed by atoms with Gasteiger partial charge in [-0.15, -0.1) is 0 Å². The number of aromatic nitrogens is 2. The fraction of sp³-hybridized carbons (Fsp3) is 0.467. The zero-order valence-corrected chi connectivity index (χ0v) is 11.8. The molecule has 3 rings (SSSR count). The van der Waals surface area contributed by atoms with E-state index in [9.17, 15) is 0 Å². The minimum atomic E-state index is 0.562. The summed E-state index contributed by atoms with van der Waals surface area (Å²) in [6.07, 6.45) is 4.98. The lowest BCUT2D eigenvalue weighted by Gasteiger charge is -2.16. The first kappa shape index (κ1) is 13.0. The van der Waals surface area contributed by atoms with Gasteiger partial charge in [0.2, 0.25) is 0 Å². The summed E-state index contributed by atoms with van der Waals surface area (Å²) in [5.74, 6) is 1.27. The molecule has 2 heterocycles. The first-order chi connectivity index (χ1) is 9.74.